The molecule has 0 atom stereocenters. The van der Waals surface area contributed by atoms with Crippen molar-refractivity contribution >= 4 is 38.9 Å². The van der Waals surface area contributed by atoms with Crippen LogP contribution in [0.3, 0.4) is 0 Å². The second-order valence-electron chi connectivity index (χ2n) is 7.33. The molecule has 12 heteroatoms. The summed E-state index contributed by atoms with van der Waals surface area (Å²) in [6, 6.07) is 7.19. The summed E-state index contributed by atoms with van der Waals surface area (Å²) in [6.45, 7) is 2.72. The van der Waals surface area contributed by atoms with Gasteiger partial charge in [-0.15, -0.1) is 0 Å². The van der Waals surface area contributed by atoms with Crippen LogP contribution in [0.15, 0.2) is 41.3 Å². The largest absolute Gasteiger partial charge is 0.417 e. The molecule has 0 saturated carbocycles. The van der Waals surface area contributed by atoms with Gasteiger partial charge in [0.1, 0.15) is 4.90 Å². The van der Waals surface area contributed by atoms with Crippen LogP contribution in [0, 0.1) is 0 Å². The van der Waals surface area contributed by atoms with Gasteiger partial charge in [-0.25, -0.2) is 13.1 Å². The first-order chi connectivity index (χ1) is 14.9. The van der Waals surface area contributed by atoms with Crippen LogP contribution >= 0.6 is 11.6 Å². The van der Waals surface area contributed by atoms with Crippen molar-refractivity contribution in [3.05, 3.63) is 52.5 Å². The number of hydrogen-bond donors (Lipinski definition) is 2. The molecule has 2 aromatic carbocycles. The van der Waals surface area contributed by atoms with E-state index in [1.807, 2.05) is 11.9 Å². The molecule has 32 heavy (non-hydrogen) atoms. The predicted molar refractivity (Wildman–Crippen MR) is 117 cm³/mol. The van der Waals surface area contributed by atoms with E-state index >= 15 is 0 Å². The van der Waals surface area contributed by atoms with Crippen LogP contribution in [0.4, 0.5) is 24.5 Å². The molecule has 1 heterocycles. The van der Waals surface area contributed by atoms with E-state index in [2.05, 4.69) is 14.9 Å². The molecule has 0 unspecified atom stereocenters. The van der Waals surface area contributed by atoms with E-state index in [0.29, 0.717) is 18.8 Å². The molecular weight excluding hydrogens is 469 g/mol. The maximum absolute atomic E-state index is 13.1. The fourth-order valence-electron chi connectivity index (χ4n) is 3.31. The van der Waals surface area contributed by atoms with Gasteiger partial charge in [-0.3, -0.25) is 4.79 Å². The molecule has 1 amide bonds. The number of alkyl halides is 3. The molecular formula is C20H22ClF3N4O3S. The van der Waals surface area contributed by atoms with Crippen LogP contribution in [-0.2, 0) is 16.2 Å². The lowest BCUT2D eigenvalue weighted by atomic mass is 10.1. The quantitative estimate of drug-likeness (QED) is 0.672. The van der Waals surface area contributed by atoms with Crippen molar-refractivity contribution in [2.45, 2.75) is 11.1 Å². The van der Waals surface area contributed by atoms with Gasteiger partial charge in [-0.2, -0.15) is 13.2 Å². The third-order valence-electron chi connectivity index (χ3n) is 5.15. The maximum Gasteiger partial charge on any atom is 0.417 e. The molecule has 1 aliphatic heterocycles. The molecule has 3 rings (SSSR count). The van der Waals surface area contributed by atoms with Crippen LogP contribution < -0.4 is 14.9 Å². The zero-order valence-corrected chi connectivity index (χ0v) is 18.9. The number of sulfonamides is 1. The number of benzene rings is 2. The van der Waals surface area contributed by atoms with Gasteiger partial charge in [0.05, 0.1) is 16.3 Å². The number of amides is 1. The van der Waals surface area contributed by atoms with Crippen LogP contribution in [-0.4, -0.2) is 59.5 Å². The predicted octanol–water partition coefficient (Wildman–Crippen LogP) is 3.27. The molecule has 174 valence electrons. The number of carbonyl (C=O) groups excluding carboxylic acids is 1. The normalized spacial score (nSPS) is 15.6. The summed E-state index contributed by atoms with van der Waals surface area (Å²) < 4.78 is 66.8. The number of rotatable bonds is 5. The first-order valence-corrected chi connectivity index (χ1v) is 11.5. The lowest BCUT2D eigenvalue weighted by molar-refractivity contribution is -0.137. The van der Waals surface area contributed by atoms with Crippen molar-refractivity contribution in [2.24, 2.45) is 0 Å². The summed E-state index contributed by atoms with van der Waals surface area (Å²) in [4.78, 5) is 16.7. The Morgan fingerprint density at radius 1 is 1.06 bits per heavy atom. The minimum absolute atomic E-state index is 0.0137. The number of nitrogens with zero attached hydrogens (tertiary/aromatic N) is 2. The van der Waals surface area contributed by atoms with Crippen molar-refractivity contribution < 1.29 is 26.4 Å². The van der Waals surface area contributed by atoms with Gasteiger partial charge in [0.2, 0.25) is 10.0 Å². The van der Waals surface area contributed by atoms with E-state index in [0.717, 1.165) is 25.2 Å². The van der Waals surface area contributed by atoms with Crippen molar-refractivity contribution in [1.29, 1.82) is 0 Å². The fourth-order valence-corrected chi connectivity index (χ4v) is 4.51. The Labute approximate surface area is 189 Å². The monoisotopic (exact) mass is 490 g/mol. The van der Waals surface area contributed by atoms with Crippen molar-refractivity contribution in [1.82, 2.24) is 9.62 Å². The van der Waals surface area contributed by atoms with Crippen molar-refractivity contribution in [3.8, 4) is 0 Å². The minimum atomic E-state index is -4.68. The molecule has 1 aliphatic rings. The fraction of sp³-hybridized carbons (Fsp3) is 0.350. The van der Waals surface area contributed by atoms with Crippen LogP contribution in [0.5, 0.6) is 0 Å². The topological polar surface area (TPSA) is 81.7 Å². The van der Waals surface area contributed by atoms with Crippen LogP contribution in [0.2, 0.25) is 5.02 Å². The number of nitrogens with one attached hydrogen (secondary N) is 2. The summed E-state index contributed by atoms with van der Waals surface area (Å²) in [5.41, 5.74) is -0.760. The van der Waals surface area contributed by atoms with Gasteiger partial charge in [0.15, 0.2) is 0 Å². The highest BCUT2D eigenvalue weighted by atomic mass is 35.5. The third-order valence-corrected chi connectivity index (χ3v) is 6.93. The highest BCUT2D eigenvalue weighted by Crippen LogP contribution is 2.36. The van der Waals surface area contributed by atoms with E-state index in [4.69, 9.17) is 11.6 Å². The summed E-state index contributed by atoms with van der Waals surface area (Å²) >= 11 is 5.61. The number of likely N-dealkylation sites (N-methyl/N-ethyl adjacent to an activating group) is 1. The molecule has 1 fully saturated rings. The SMILES string of the molecule is CNS(=O)(=O)c1cc(C(=O)Nc2ccc(Cl)c(C(F)(F)F)c2)ccc1N1CCN(C)CC1. The number of hydrogen-bond acceptors (Lipinski definition) is 5. The molecule has 0 spiro atoms. The Morgan fingerprint density at radius 3 is 2.31 bits per heavy atom. The Bertz CT molecular complexity index is 1120. The Kier molecular flexibility index (Phi) is 7.03. The van der Waals surface area contributed by atoms with Gasteiger partial charge >= 0.3 is 6.18 Å². The first kappa shape index (κ1) is 24.3. The Hall–Kier alpha value is -2.34. The zero-order valence-electron chi connectivity index (χ0n) is 17.3. The summed E-state index contributed by atoms with van der Waals surface area (Å²) in [5.74, 6) is -0.752. The Balaban J connectivity index is 1.93. The van der Waals surface area contributed by atoms with Gasteiger partial charge in [0.25, 0.3) is 5.91 Å². The lowest BCUT2D eigenvalue weighted by Crippen LogP contribution is -2.45. The number of halogens is 4. The molecule has 7 nitrogen and oxygen atoms in total. The molecule has 2 aromatic rings. The van der Waals surface area contributed by atoms with Gasteiger partial charge in [-0.05, 0) is 50.5 Å². The second kappa shape index (κ2) is 9.26. The molecule has 2 N–H and O–H groups in total. The summed E-state index contributed by atoms with van der Waals surface area (Å²) in [7, 11) is -0.668. The highest BCUT2D eigenvalue weighted by molar-refractivity contribution is 7.89. The van der Waals surface area contributed by atoms with Crippen LogP contribution in [0.25, 0.3) is 0 Å². The van der Waals surface area contributed by atoms with E-state index in [1.165, 1.54) is 31.3 Å². The van der Waals surface area contributed by atoms with E-state index in [1.54, 1.807) is 0 Å². The number of piperazine rings is 1. The molecule has 0 aliphatic carbocycles. The van der Waals surface area contributed by atoms with Crippen molar-refractivity contribution in [3.63, 3.8) is 0 Å². The maximum atomic E-state index is 13.1. The van der Waals surface area contributed by atoms with Gasteiger partial charge in [0, 0.05) is 37.4 Å². The first-order valence-electron chi connectivity index (χ1n) is 9.61. The average Bonchev–Trinajstić information content (AvgIpc) is 2.74. The third kappa shape index (κ3) is 5.34. The van der Waals surface area contributed by atoms with E-state index in [-0.39, 0.29) is 16.1 Å². The smallest absolute Gasteiger partial charge is 0.368 e. The Morgan fingerprint density at radius 2 is 1.72 bits per heavy atom. The molecule has 1 saturated heterocycles. The van der Waals surface area contributed by atoms with Crippen LogP contribution in [0.1, 0.15) is 15.9 Å². The number of anilines is 2. The number of carbonyl (C=O) groups is 1. The average molecular weight is 491 g/mol. The lowest BCUT2D eigenvalue weighted by Gasteiger charge is -2.35. The van der Waals surface area contributed by atoms with Gasteiger partial charge in [-0.1, -0.05) is 11.6 Å². The molecule has 0 radical (unpaired) electrons. The van der Waals surface area contributed by atoms with E-state index < -0.39 is 32.7 Å². The zero-order chi connectivity index (χ0) is 23.7. The molecule has 0 bridgehead atoms. The second-order valence-corrected chi connectivity index (χ2v) is 9.59. The minimum Gasteiger partial charge on any atom is -0.368 e. The van der Waals surface area contributed by atoms with E-state index in [9.17, 15) is 26.4 Å². The summed E-state index contributed by atoms with van der Waals surface area (Å²) in [6.07, 6.45) is -4.68. The van der Waals surface area contributed by atoms with Crippen molar-refractivity contribution in [2.75, 3.05) is 50.5 Å². The standard InChI is InChI=1S/C20H22ClF3N4O3S/c1-25-32(30,31)18-11-13(3-6-17(18)28-9-7-27(2)8-10-28)19(29)26-14-4-5-16(21)15(12-14)20(22,23)24/h3-6,11-12,25H,7-10H2,1-2H3,(H,26,29). The highest BCUT2D eigenvalue weighted by Gasteiger charge is 2.33. The van der Waals surface area contributed by atoms with Gasteiger partial charge < -0.3 is 15.1 Å². The summed E-state index contributed by atoms with van der Waals surface area (Å²) in [5, 5.41) is 1.88. The molecule has 0 aromatic heterocycles.